The van der Waals surface area contributed by atoms with Gasteiger partial charge in [0.05, 0.1) is 7.59 Å². The lowest BCUT2D eigenvalue weighted by Gasteiger charge is -2.47. The van der Waals surface area contributed by atoms with Crippen LogP contribution in [0.2, 0.25) is 25.2 Å². The first-order valence-electron chi connectivity index (χ1n) is 5.20. The van der Waals surface area contributed by atoms with E-state index in [1.54, 1.807) is 11.3 Å². The van der Waals surface area contributed by atoms with Crippen LogP contribution in [0.1, 0.15) is 20.8 Å². The molecule has 0 saturated carbocycles. The molecular formula is C10H23NSi2. The summed E-state index contributed by atoms with van der Waals surface area (Å²) in [6.07, 6.45) is 0. The van der Waals surface area contributed by atoms with Crippen LogP contribution in [0.3, 0.4) is 0 Å². The first-order valence-corrected chi connectivity index (χ1v) is 11.8. The lowest BCUT2D eigenvalue weighted by Crippen LogP contribution is -2.59. The molecule has 0 aromatic heterocycles. The lowest BCUT2D eigenvalue weighted by atomic mass is 10.2. The van der Waals surface area contributed by atoms with Crippen molar-refractivity contribution >= 4 is 16.1 Å². The van der Waals surface area contributed by atoms with E-state index in [0.717, 1.165) is 5.54 Å². The highest BCUT2D eigenvalue weighted by Crippen LogP contribution is 2.38. The minimum atomic E-state index is -0.958. The molecule has 0 aliphatic carbocycles. The van der Waals surface area contributed by atoms with E-state index >= 15 is 0 Å². The topological polar surface area (TPSA) is 3.24 Å². The van der Waals surface area contributed by atoms with E-state index in [1.165, 1.54) is 0 Å². The van der Waals surface area contributed by atoms with Gasteiger partial charge < -0.3 is 4.57 Å². The molecule has 0 spiro atoms. The Hall–Kier alpha value is -0.0262. The van der Waals surface area contributed by atoms with Crippen LogP contribution >= 0.6 is 0 Å². The van der Waals surface area contributed by atoms with Crippen LogP contribution in [0.4, 0.5) is 0 Å². The SMILES string of the molecule is CC1=C(C)N(C)[SiH](C)[Si](C)(C)C1C. The van der Waals surface area contributed by atoms with Gasteiger partial charge in [0.2, 0.25) is 0 Å². The molecule has 2 unspecified atom stereocenters. The fourth-order valence-corrected chi connectivity index (χ4v) is 12.6. The van der Waals surface area contributed by atoms with Gasteiger partial charge in [0, 0.05) is 5.70 Å². The van der Waals surface area contributed by atoms with Gasteiger partial charge in [-0.1, -0.05) is 32.1 Å². The summed E-state index contributed by atoms with van der Waals surface area (Å²) in [5.74, 6) is 0. The number of allylic oxidation sites excluding steroid dienone is 2. The van der Waals surface area contributed by atoms with E-state index in [4.69, 9.17) is 0 Å². The molecule has 1 rings (SSSR count). The molecule has 76 valence electrons. The molecule has 0 N–H and O–H groups in total. The van der Waals surface area contributed by atoms with E-state index in [2.05, 4.69) is 52.0 Å². The maximum absolute atomic E-state index is 2.61. The van der Waals surface area contributed by atoms with Crippen molar-refractivity contribution < 1.29 is 0 Å². The molecule has 0 radical (unpaired) electrons. The summed E-state index contributed by atoms with van der Waals surface area (Å²) in [6.45, 7) is 14.7. The third-order valence-electron chi connectivity index (χ3n) is 4.52. The van der Waals surface area contributed by atoms with Crippen LogP contribution in [-0.2, 0) is 0 Å². The average molecular weight is 213 g/mol. The third kappa shape index (κ3) is 1.52. The van der Waals surface area contributed by atoms with E-state index in [9.17, 15) is 0 Å². The Bertz CT molecular complexity index is 245. The monoisotopic (exact) mass is 213 g/mol. The second-order valence-electron chi connectivity index (χ2n) is 5.10. The second kappa shape index (κ2) is 3.28. The van der Waals surface area contributed by atoms with E-state index in [0.29, 0.717) is 0 Å². The number of hydrogen-bond acceptors (Lipinski definition) is 1. The fourth-order valence-electron chi connectivity index (χ4n) is 2.30. The Kier molecular flexibility index (Phi) is 2.79. The molecule has 0 saturated heterocycles. The standard InChI is InChI=1S/C10H23NSi2/c1-8-9(2)11(4)12(5)13(6,7)10(8)3/h10,12H,1-7H3. The predicted molar refractivity (Wildman–Crippen MR) is 66.1 cm³/mol. The quantitative estimate of drug-likeness (QED) is 0.559. The van der Waals surface area contributed by atoms with Crippen molar-refractivity contribution in [1.82, 2.24) is 4.57 Å². The third-order valence-corrected chi connectivity index (χ3v) is 20.0. The molecule has 3 heteroatoms. The number of nitrogens with zero attached hydrogens (tertiary/aromatic N) is 1. The highest BCUT2D eigenvalue weighted by Gasteiger charge is 2.42. The maximum Gasteiger partial charge on any atom is 0.126 e. The first kappa shape index (κ1) is 11.1. The molecule has 1 aliphatic rings. The van der Waals surface area contributed by atoms with Crippen LogP contribution < -0.4 is 0 Å². The minimum absolute atomic E-state index is 0.638. The van der Waals surface area contributed by atoms with Gasteiger partial charge in [-0.3, -0.25) is 0 Å². The van der Waals surface area contributed by atoms with Crippen LogP contribution in [0.15, 0.2) is 11.3 Å². The van der Waals surface area contributed by atoms with Crippen molar-refractivity contribution in [3.05, 3.63) is 11.3 Å². The highest BCUT2D eigenvalue weighted by atomic mass is 29.2. The van der Waals surface area contributed by atoms with Gasteiger partial charge in [0.15, 0.2) is 0 Å². The molecule has 0 aromatic carbocycles. The predicted octanol–water partition coefficient (Wildman–Crippen LogP) is 2.76. The molecule has 1 heterocycles. The molecule has 0 bridgehead atoms. The summed E-state index contributed by atoms with van der Waals surface area (Å²) in [6, 6.07) is 0. The summed E-state index contributed by atoms with van der Waals surface area (Å²) in [7, 11) is 0.706. The molecule has 1 nitrogen and oxygen atoms in total. The highest BCUT2D eigenvalue weighted by molar-refractivity contribution is 7.31. The molecule has 0 amide bonds. The van der Waals surface area contributed by atoms with E-state index < -0.39 is 16.1 Å². The van der Waals surface area contributed by atoms with Crippen molar-refractivity contribution in [3.63, 3.8) is 0 Å². The lowest BCUT2D eigenvalue weighted by molar-refractivity contribution is 0.628. The van der Waals surface area contributed by atoms with Gasteiger partial charge in [0.1, 0.15) is 8.48 Å². The van der Waals surface area contributed by atoms with Crippen molar-refractivity contribution in [3.8, 4) is 0 Å². The Morgan fingerprint density at radius 3 is 2.23 bits per heavy atom. The van der Waals surface area contributed by atoms with Gasteiger partial charge in [-0.05, 0) is 26.4 Å². The summed E-state index contributed by atoms with van der Waals surface area (Å²) in [5, 5.41) is 0. The van der Waals surface area contributed by atoms with Crippen molar-refractivity contribution in [1.29, 1.82) is 0 Å². The summed E-state index contributed by atoms with van der Waals surface area (Å²) in [4.78, 5) is 0. The zero-order chi connectivity index (χ0) is 10.4. The summed E-state index contributed by atoms with van der Waals surface area (Å²) < 4.78 is 2.61. The zero-order valence-electron chi connectivity index (χ0n) is 10.1. The normalized spacial score (nSPS) is 33.9. The zero-order valence-corrected chi connectivity index (χ0v) is 12.3. The van der Waals surface area contributed by atoms with Gasteiger partial charge in [0.25, 0.3) is 0 Å². The second-order valence-corrected chi connectivity index (χ2v) is 18.7. The van der Waals surface area contributed by atoms with Crippen LogP contribution in [0.5, 0.6) is 0 Å². The summed E-state index contributed by atoms with van der Waals surface area (Å²) >= 11 is 0. The molecule has 13 heavy (non-hydrogen) atoms. The van der Waals surface area contributed by atoms with Crippen LogP contribution in [0, 0.1) is 0 Å². The summed E-state index contributed by atoms with van der Waals surface area (Å²) in [5.41, 5.74) is 4.09. The molecule has 0 fully saturated rings. The smallest absolute Gasteiger partial charge is 0.126 e. The van der Waals surface area contributed by atoms with Gasteiger partial charge >= 0.3 is 0 Å². The Labute approximate surface area is 85.3 Å². The number of hydrogen-bond donors (Lipinski definition) is 0. The molecular weight excluding hydrogens is 190 g/mol. The van der Waals surface area contributed by atoms with Gasteiger partial charge in [-0.15, -0.1) is 0 Å². The van der Waals surface area contributed by atoms with Gasteiger partial charge in [-0.25, -0.2) is 0 Å². The fraction of sp³-hybridized carbons (Fsp3) is 0.800. The van der Waals surface area contributed by atoms with Crippen LogP contribution in [0.25, 0.3) is 0 Å². The Balaban J connectivity index is 3.15. The molecule has 1 aliphatic heterocycles. The van der Waals surface area contributed by atoms with Crippen molar-refractivity contribution in [2.45, 2.75) is 46.0 Å². The largest absolute Gasteiger partial charge is 0.409 e. The van der Waals surface area contributed by atoms with Gasteiger partial charge in [-0.2, -0.15) is 0 Å². The Morgan fingerprint density at radius 2 is 1.77 bits per heavy atom. The van der Waals surface area contributed by atoms with E-state index in [-0.39, 0.29) is 0 Å². The van der Waals surface area contributed by atoms with E-state index in [1.807, 2.05) is 0 Å². The molecule has 2 atom stereocenters. The minimum Gasteiger partial charge on any atom is -0.409 e. The number of rotatable bonds is 0. The molecule has 0 aromatic rings. The maximum atomic E-state index is 2.61. The first-order chi connectivity index (χ1) is 5.80. The van der Waals surface area contributed by atoms with Crippen LogP contribution in [-0.4, -0.2) is 27.7 Å². The average Bonchev–Trinajstić information content (AvgIpc) is 2.09. The Morgan fingerprint density at radius 1 is 1.31 bits per heavy atom. The van der Waals surface area contributed by atoms with Crippen molar-refractivity contribution in [2.24, 2.45) is 0 Å². The van der Waals surface area contributed by atoms with Crippen molar-refractivity contribution in [2.75, 3.05) is 7.05 Å².